The molecule has 0 saturated heterocycles. The normalized spacial score (nSPS) is 14.8. The second-order valence-electron chi connectivity index (χ2n) is 6.12. The predicted molar refractivity (Wildman–Crippen MR) is 74.6 cm³/mol. The summed E-state index contributed by atoms with van der Waals surface area (Å²) in [6, 6.07) is 6.20. The lowest BCUT2D eigenvalue weighted by Crippen LogP contribution is -2.25. The highest BCUT2D eigenvalue weighted by atomic mass is 16.5. The molecule has 0 atom stereocenters. The number of hydrogen-bond acceptors (Lipinski definition) is 2. The molecule has 1 aliphatic carbocycles. The van der Waals surface area contributed by atoms with E-state index < -0.39 is 5.97 Å². The van der Waals surface area contributed by atoms with Crippen LogP contribution < -0.4 is 4.74 Å². The van der Waals surface area contributed by atoms with Gasteiger partial charge < -0.3 is 9.84 Å². The van der Waals surface area contributed by atoms with Gasteiger partial charge in [-0.05, 0) is 42.9 Å². The maximum Gasteiger partial charge on any atom is 0.304 e. The molecule has 0 bridgehead atoms. The molecule has 0 amide bonds. The van der Waals surface area contributed by atoms with Gasteiger partial charge in [-0.2, -0.15) is 0 Å². The lowest BCUT2D eigenvalue weighted by Gasteiger charge is -2.25. The van der Waals surface area contributed by atoms with Crippen LogP contribution >= 0.6 is 0 Å². The van der Waals surface area contributed by atoms with Crippen LogP contribution in [0.3, 0.4) is 0 Å². The molecule has 3 heteroatoms. The van der Waals surface area contributed by atoms with Crippen molar-refractivity contribution < 1.29 is 14.6 Å². The molecule has 0 aromatic heterocycles. The molecule has 0 spiro atoms. The van der Waals surface area contributed by atoms with E-state index in [4.69, 9.17) is 9.84 Å². The van der Waals surface area contributed by atoms with Crippen molar-refractivity contribution in [1.29, 1.82) is 0 Å². The van der Waals surface area contributed by atoms with Crippen molar-refractivity contribution in [3.63, 3.8) is 0 Å². The fraction of sp³-hybridized carbons (Fsp3) is 0.562. The summed E-state index contributed by atoms with van der Waals surface area (Å²) < 4.78 is 5.91. The predicted octanol–water partition coefficient (Wildman–Crippen LogP) is 3.45. The summed E-state index contributed by atoms with van der Waals surface area (Å²) in [5.74, 6) is 0.166. The first-order valence-electron chi connectivity index (χ1n) is 6.93. The molecule has 1 aliphatic rings. The van der Waals surface area contributed by atoms with Crippen molar-refractivity contribution in [3.8, 4) is 5.75 Å². The van der Waals surface area contributed by atoms with Gasteiger partial charge in [0.25, 0.3) is 0 Å². The highest BCUT2D eigenvalue weighted by molar-refractivity contribution is 5.67. The summed E-state index contributed by atoms with van der Waals surface area (Å²) in [4.78, 5) is 10.8. The van der Waals surface area contributed by atoms with Gasteiger partial charge in [-0.15, -0.1) is 0 Å². The van der Waals surface area contributed by atoms with Gasteiger partial charge in [0.1, 0.15) is 5.75 Å². The molecule has 2 rings (SSSR count). The third-order valence-corrected chi connectivity index (χ3v) is 3.60. The first-order valence-corrected chi connectivity index (χ1v) is 6.93. The van der Waals surface area contributed by atoms with E-state index in [9.17, 15) is 4.79 Å². The molecule has 0 radical (unpaired) electrons. The third kappa shape index (κ3) is 3.72. The fourth-order valence-corrected chi connectivity index (χ4v) is 2.62. The molecule has 0 unspecified atom stereocenters. The lowest BCUT2D eigenvalue weighted by molar-refractivity contribution is -0.139. The zero-order chi connectivity index (χ0) is 13.9. The maximum atomic E-state index is 10.8. The largest absolute Gasteiger partial charge is 0.493 e. The standard InChI is InChI=1S/C16H22O3/c1-16(2,10-15(17)18)11-19-14-9-5-7-12-6-3-4-8-13(12)14/h5,7,9H,3-4,6,8,10-11H2,1-2H3,(H,17,18). The molecule has 1 N–H and O–H groups in total. The van der Waals surface area contributed by atoms with E-state index in [0.717, 1.165) is 18.6 Å². The van der Waals surface area contributed by atoms with E-state index in [2.05, 4.69) is 6.07 Å². The van der Waals surface area contributed by atoms with E-state index >= 15 is 0 Å². The van der Waals surface area contributed by atoms with Gasteiger partial charge >= 0.3 is 5.97 Å². The van der Waals surface area contributed by atoms with Crippen LogP contribution in [0.4, 0.5) is 0 Å². The van der Waals surface area contributed by atoms with Crippen LogP contribution in [0, 0.1) is 5.41 Å². The van der Waals surface area contributed by atoms with Crippen molar-refractivity contribution in [1.82, 2.24) is 0 Å². The number of benzene rings is 1. The number of ether oxygens (including phenoxy) is 1. The number of carboxylic acids is 1. The highest BCUT2D eigenvalue weighted by Gasteiger charge is 2.23. The van der Waals surface area contributed by atoms with Crippen molar-refractivity contribution >= 4 is 5.97 Å². The van der Waals surface area contributed by atoms with Gasteiger partial charge in [0.2, 0.25) is 0 Å². The zero-order valence-corrected chi connectivity index (χ0v) is 11.7. The Morgan fingerprint density at radius 2 is 2.05 bits per heavy atom. The molecule has 0 fully saturated rings. The average Bonchev–Trinajstić information content (AvgIpc) is 2.35. The van der Waals surface area contributed by atoms with Crippen molar-refractivity contribution in [2.24, 2.45) is 5.41 Å². The Hall–Kier alpha value is -1.51. The summed E-state index contributed by atoms with van der Waals surface area (Å²) in [5, 5.41) is 8.88. The maximum absolute atomic E-state index is 10.8. The van der Waals surface area contributed by atoms with E-state index in [1.165, 1.54) is 24.0 Å². The number of aliphatic carboxylic acids is 1. The summed E-state index contributed by atoms with van der Waals surface area (Å²) >= 11 is 0. The summed E-state index contributed by atoms with van der Waals surface area (Å²) in [6.45, 7) is 4.29. The van der Waals surface area contributed by atoms with Crippen molar-refractivity contribution in [3.05, 3.63) is 29.3 Å². The van der Waals surface area contributed by atoms with E-state index in [1.54, 1.807) is 0 Å². The molecule has 1 aromatic rings. The summed E-state index contributed by atoms with van der Waals surface area (Å²) in [6.07, 6.45) is 4.80. The minimum absolute atomic E-state index is 0.127. The molecular formula is C16H22O3. The quantitative estimate of drug-likeness (QED) is 0.884. The molecule has 3 nitrogen and oxygen atoms in total. The third-order valence-electron chi connectivity index (χ3n) is 3.60. The molecule has 1 aromatic carbocycles. The van der Waals surface area contributed by atoms with Crippen LogP contribution in [0.2, 0.25) is 0 Å². The van der Waals surface area contributed by atoms with Crippen molar-refractivity contribution in [2.75, 3.05) is 6.61 Å². The van der Waals surface area contributed by atoms with Crippen LogP contribution in [-0.2, 0) is 17.6 Å². The number of fused-ring (bicyclic) bond motifs is 1. The smallest absolute Gasteiger partial charge is 0.304 e. The molecule has 19 heavy (non-hydrogen) atoms. The topological polar surface area (TPSA) is 46.5 Å². The first kappa shape index (κ1) is 13.9. The molecular weight excluding hydrogens is 240 g/mol. The van der Waals surface area contributed by atoms with Crippen LogP contribution in [0.15, 0.2) is 18.2 Å². The first-order chi connectivity index (χ1) is 8.98. The Balaban J connectivity index is 2.05. The van der Waals surface area contributed by atoms with Crippen LogP contribution in [0.5, 0.6) is 5.75 Å². The Kier molecular flexibility index (Phi) is 4.13. The molecule has 0 aliphatic heterocycles. The second-order valence-corrected chi connectivity index (χ2v) is 6.12. The molecule has 104 valence electrons. The van der Waals surface area contributed by atoms with Gasteiger partial charge in [0.05, 0.1) is 13.0 Å². The molecule has 0 heterocycles. The Labute approximate surface area is 114 Å². The van der Waals surface area contributed by atoms with Gasteiger partial charge in [-0.3, -0.25) is 4.79 Å². The second kappa shape index (κ2) is 5.64. The zero-order valence-electron chi connectivity index (χ0n) is 11.7. The number of carboxylic acid groups (broad SMARTS) is 1. The fourth-order valence-electron chi connectivity index (χ4n) is 2.62. The summed E-state index contributed by atoms with van der Waals surface area (Å²) in [5.41, 5.74) is 2.36. The van der Waals surface area contributed by atoms with Crippen molar-refractivity contribution in [2.45, 2.75) is 46.0 Å². The highest BCUT2D eigenvalue weighted by Crippen LogP contribution is 2.31. The Morgan fingerprint density at radius 3 is 2.79 bits per heavy atom. The number of hydrogen-bond donors (Lipinski definition) is 1. The average molecular weight is 262 g/mol. The van der Waals surface area contributed by atoms with Gasteiger partial charge in [-0.25, -0.2) is 0 Å². The van der Waals surface area contributed by atoms with Gasteiger partial charge in [0, 0.05) is 5.41 Å². The van der Waals surface area contributed by atoms with Crippen LogP contribution in [0.25, 0.3) is 0 Å². The van der Waals surface area contributed by atoms with E-state index in [0.29, 0.717) is 6.61 Å². The van der Waals surface area contributed by atoms with E-state index in [1.807, 2.05) is 26.0 Å². The minimum atomic E-state index is -0.774. The monoisotopic (exact) mass is 262 g/mol. The Bertz CT molecular complexity index is 463. The number of aryl methyl sites for hydroxylation is 1. The number of carbonyl (C=O) groups is 1. The van der Waals surface area contributed by atoms with E-state index in [-0.39, 0.29) is 11.8 Å². The van der Waals surface area contributed by atoms with Gasteiger partial charge in [-0.1, -0.05) is 26.0 Å². The van der Waals surface area contributed by atoms with Gasteiger partial charge in [0.15, 0.2) is 0 Å². The minimum Gasteiger partial charge on any atom is -0.493 e. The lowest BCUT2D eigenvalue weighted by atomic mass is 9.89. The van der Waals surface area contributed by atoms with Crippen LogP contribution in [0.1, 0.15) is 44.2 Å². The summed E-state index contributed by atoms with van der Waals surface area (Å²) in [7, 11) is 0. The number of rotatable bonds is 5. The Morgan fingerprint density at radius 1 is 1.32 bits per heavy atom. The molecule has 0 saturated carbocycles. The van der Waals surface area contributed by atoms with Crippen LogP contribution in [-0.4, -0.2) is 17.7 Å². The SMILES string of the molecule is CC(C)(COc1cccc2c1CCCC2)CC(=O)O.